The number of amides is 2. The number of rotatable bonds is 7. The molecule has 2 amide bonds. The topological polar surface area (TPSA) is 61.4 Å². The fraction of sp³-hybridized carbons (Fsp3) is 0.364. The van der Waals surface area contributed by atoms with Crippen molar-refractivity contribution in [2.75, 3.05) is 31.2 Å². The number of para-hydroxylation sites is 1. The molecule has 0 aliphatic carbocycles. The van der Waals surface area contributed by atoms with E-state index < -0.39 is 0 Å². The summed E-state index contributed by atoms with van der Waals surface area (Å²) in [5.41, 5.74) is 1.58. The van der Waals surface area contributed by atoms with E-state index in [2.05, 4.69) is 15.5 Å². The van der Waals surface area contributed by atoms with Crippen LogP contribution in [0.15, 0.2) is 59.5 Å². The van der Waals surface area contributed by atoms with Crippen LogP contribution in [0.25, 0.3) is 0 Å². The van der Waals surface area contributed by atoms with Crippen molar-refractivity contribution >= 4 is 29.3 Å². The normalized spacial score (nSPS) is 15.2. The van der Waals surface area contributed by atoms with Crippen molar-refractivity contribution in [1.29, 1.82) is 0 Å². The van der Waals surface area contributed by atoms with Crippen LogP contribution in [0.4, 0.5) is 5.69 Å². The highest BCUT2D eigenvalue weighted by Gasteiger charge is 2.21. The monoisotopic (exact) mass is 397 g/mol. The molecule has 3 rings (SSSR count). The zero-order valence-corrected chi connectivity index (χ0v) is 17.0. The highest BCUT2D eigenvalue weighted by atomic mass is 32.2. The number of piperidine rings is 1. The van der Waals surface area contributed by atoms with E-state index in [-0.39, 0.29) is 17.9 Å². The third-order valence-electron chi connectivity index (χ3n) is 4.99. The molecule has 28 heavy (non-hydrogen) atoms. The molecule has 0 atom stereocenters. The van der Waals surface area contributed by atoms with E-state index in [1.54, 1.807) is 11.8 Å². The summed E-state index contributed by atoms with van der Waals surface area (Å²) in [5, 5.41) is 6.13. The maximum Gasteiger partial charge on any atom is 0.251 e. The number of nitrogens with one attached hydrogen (secondary N) is 2. The second-order valence-electron chi connectivity index (χ2n) is 6.95. The number of thioether (sulfide) groups is 1. The lowest BCUT2D eigenvalue weighted by atomic mass is 10.0. The number of likely N-dealkylation sites (tertiary alicyclic amines) is 1. The zero-order valence-electron chi connectivity index (χ0n) is 16.2. The lowest BCUT2D eigenvalue weighted by Crippen LogP contribution is -2.45. The van der Waals surface area contributed by atoms with Gasteiger partial charge in [0.25, 0.3) is 5.91 Å². The molecular formula is C22H27N3O2S. The van der Waals surface area contributed by atoms with Gasteiger partial charge in [-0.15, -0.1) is 11.8 Å². The van der Waals surface area contributed by atoms with Gasteiger partial charge < -0.3 is 15.5 Å². The summed E-state index contributed by atoms with van der Waals surface area (Å²) in [6.07, 6.45) is 4.31. The third-order valence-corrected chi connectivity index (χ3v) is 5.79. The Morgan fingerprint density at radius 1 is 1.04 bits per heavy atom. The Bertz CT molecular complexity index is 789. The number of hydrogen-bond acceptors (Lipinski definition) is 4. The van der Waals surface area contributed by atoms with Gasteiger partial charge in [-0.3, -0.25) is 9.59 Å². The molecule has 0 spiro atoms. The van der Waals surface area contributed by atoms with E-state index in [9.17, 15) is 9.59 Å². The quantitative estimate of drug-likeness (QED) is 0.701. The number of benzene rings is 2. The van der Waals surface area contributed by atoms with Crippen molar-refractivity contribution in [3.05, 3.63) is 60.2 Å². The van der Waals surface area contributed by atoms with Crippen LogP contribution in [-0.2, 0) is 4.79 Å². The largest absolute Gasteiger partial charge is 0.349 e. The first-order valence-electron chi connectivity index (χ1n) is 9.67. The van der Waals surface area contributed by atoms with Crippen molar-refractivity contribution in [1.82, 2.24) is 10.2 Å². The van der Waals surface area contributed by atoms with Gasteiger partial charge in [-0.25, -0.2) is 0 Å². The molecule has 2 aromatic carbocycles. The Hall–Kier alpha value is -2.31. The van der Waals surface area contributed by atoms with Crippen LogP contribution in [0.5, 0.6) is 0 Å². The van der Waals surface area contributed by atoms with Crippen LogP contribution in [0.2, 0.25) is 0 Å². The SMILES string of the molecule is CSc1ccccc1NC(=O)CCN1CCC(NC(=O)c2ccccc2)CC1. The Morgan fingerprint density at radius 3 is 2.43 bits per heavy atom. The summed E-state index contributed by atoms with van der Waals surface area (Å²) in [6.45, 7) is 2.54. The molecule has 0 radical (unpaired) electrons. The zero-order chi connectivity index (χ0) is 19.8. The molecule has 0 bridgehead atoms. The van der Waals surface area contributed by atoms with Gasteiger partial charge in [-0.1, -0.05) is 30.3 Å². The van der Waals surface area contributed by atoms with Crippen LogP contribution >= 0.6 is 11.8 Å². The van der Waals surface area contributed by atoms with Crippen molar-refractivity contribution in [2.24, 2.45) is 0 Å². The van der Waals surface area contributed by atoms with E-state index in [1.807, 2.05) is 60.9 Å². The van der Waals surface area contributed by atoms with E-state index in [4.69, 9.17) is 0 Å². The van der Waals surface area contributed by atoms with E-state index in [0.717, 1.165) is 43.1 Å². The van der Waals surface area contributed by atoms with Gasteiger partial charge >= 0.3 is 0 Å². The summed E-state index contributed by atoms with van der Waals surface area (Å²) in [7, 11) is 0. The average molecular weight is 398 g/mol. The minimum atomic E-state index is -0.00844. The first-order chi connectivity index (χ1) is 13.7. The van der Waals surface area contributed by atoms with Crippen LogP contribution in [0.3, 0.4) is 0 Å². The molecule has 2 aromatic rings. The number of anilines is 1. The Kier molecular flexibility index (Phi) is 7.51. The molecule has 1 aliphatic rings. The number of carbonyl (C=O) groups excluding carboxylic acids is 2. The van der Waals surface area contributed by atoms with Crippen LogP contribution in [-0.4, -0.2) is 48.6 Å². The number of carbonyl (C=O) groups is 2. The van der Waals surface area contributed by atoms with Crippen molar-refractivity contribution in [3.63, 3.8) is 0 Å². The molecule has 2 N–H and O–H groups in total. The van der Waals surface area contributed by atoms with Crippen LogP contribution in [0, 0.1) is 0 Å². The fourth-order valence-electron chi connectivity index (χ4n) is 3.38. The molecule has 1 aliphatic heterocycles. The van der Waals surface area contributed by atoms with Crippen molar-refractivity contribution in [2.45, 2.75) is 30.2 Å². The van der Waals surface area contributed by atoms with Gasteiger partial charge in [0.2, 0.25) is 5.91 Å². The minimum Gasteiger partial charge on any atom is -0.349 e. The maximum atomic E-state index is 12.3. The Labute approximate surface area is 170 Å². The molecule has 1 fully saturated rings. The minimum absolute atomic E-state index is 0.00844. The molecular weight excluding hydrogens is 370 g/mol. The molecule has 6 heteroatoms. The Balaban J connectivity index is 1.38. The van der Waals surface area contributed by atoms with Gasteiger partial charge in [0.15, 0.2) is 0 Å². The maximum absolute atomic E-state index is 12.3. The molecule has 0 unspecified atom stereocenters. The summed E-state index contributed by atoms with van der Waals surface area (Å²) in [4.78, 5) is 27.9. The standard InChI is InChI=1S/C22H27N3O2S/c1-28-20-10-6-5-9-19(20)24-21(26)13-16-25-14-11-18(12-15-25)23-22(27)17-7-3-2-4-8-17/h2-10,18H,11-16H2,1H3,(H,23,27)(H,24,26). The van der Waals surface area contributed by atoms with E-state index in [1.165, 1.54) is 0 Å². The predicted molar refractivity (Wildman–Crippen MR) is 115 cm³/mol. The fourth-order valence-corrected chi connectivity index (χ4v) is 3.93. The van der Waals surface area contributed by atoms with Gasteiger partial charge in [0, 0.05) is 42.6 Å². The van der Waals surface area contributed by atoms with E-state index >= 15 is 0 Å². The summed E-state index contributed by atoms with van der Waals surface area (Å²) < 4.78 is 0. The molecule has 5 nitrogen and oxygen atoms in total. The predicted octanol–water partition coefficient (Wildman–Crippen LogP) is 3.63. The number of nitrogens with zero attached hydrogens (tertiary/aromatic N) is 1. The molecule has 0 saturated carbocycles. The van der Waals surface area contributed by atoms with Crippen LogP contribution < -0.4 is 10.6 Å². The second-order valence-corrected chi connectivity index (χ2v) is 7.80. The first kappa shape index (κ1) is 20.4. The number of hydrogen-bond donors (Lipinski definition) is 2. The highest BCUT2D eigenvalue weighted by Crippen LogP contribution is 2.24. The second kappa shape index (κ2) is 10.3. The van der Waals surface area contributed by atoms with Gasteiger partial charge in [-0.2, -0.15) is 0 Å². The third kappa shape index (κ3) is 5.84. The highest BCUT2D eigenvalue weighted by molar-refractivity contribution is 7.98. The van der Waals surface area contributed by atoms with Gasteiger partial charge in [-0.05, 0) is 43.4 Å². The summed E-state index contributed by atoms with van der Waals surface area (Å²) >= 11 is 1.63. The van der Waals surface area contributed by atoms with E-state index in [0.29, 0.717) is 12.0 Å². The first-order valence-corrected chi connectivity index (χ1v) is 10.9. The van der Waals surface area contributed by atoms with Crippen LogP contribution in [0.1, 0.15) is 29.6 Å². The summed E-state index contributed by atoms with van der Waals surface area (Å²) in [6, 6.07) is 17.4. The lowest BCUT2D eigenvalue weighted by molar-refractivity contribution is -0.116. The lowest BCUT2D eigenvalue weighted by Gasteiger charge is -2.32. The summed E-state index contributed by atoms with van der Waals surface area (Å²) in [5.74, 6) is 0.0342. The molecule has 1 heterocycles. The van der Waals surface area contributed by atoms with Crippen molar-refractivity contribution in [3.8, 4) is 0 Å². The molecule has 1 saturated heterocycles. The molecule has 0 aromatic heterocycles. The van der Waals surface area contributed by atoms with Gasteiger partial charge in [0.1, 0.15) is 0 Å². The van der Waals surface area contributed by atoms with Gasteiger partial charge in [0.05, 0.1) is 5.69 Å². The average Bonchev–Trinajstić information content (AvgIpc) is 2.74. The smallest absolute Gasteiger partial charge is 0.251 e. The Morgan fingerprint density at radius 2 is 1.71 bits per heavy atom. The van der Waals surface area contributed by atoms with Crippen molar-refractivity contribution < 1.29 is 9.59 Å². The molecule has 148 valence electrons.